The minimum atomic E-state index is -0.0753. The summed E-state index contributed by atoms with van der Waals surface area (Å²) in [6, 6.07) is 12.6. The fourth-order valence-corrected chi connectivity index (χ4v) is 2.57. The lowest BCUT2D eigenvalue weighted by Crippen LogP contribution is -2.50. The van der Waals surface area contributed by atoms with Gasteiger partial charge in [-0.1, -0.05) is 28.1 Å². The van der Waals surface area contributed by atoms with E-state index in [0.29, 0.717) is 22.6 Å². The molecule has 114 valence electrons. The normalized spacial score (nSPS) is 14.3. The van der Waals surface area contributed by atoms with Gasteiger partial charge in [-0.15, -0.1) is 0 Å². The van der Waals surface area contributed by atoms with Crippen molar-refractivity contribution in [1.82, 2.24) is 5.32 Å². The second-order valence-corrected chi connectivity index (χ2v) is 6.02. The molecule has 1 fully saturated rings. The van der Waals surface area contributed by atoms with Crippen molar-refractivity contribution >= 4 is 21.7 Å². The SMILES string of the molecule is COc1cccc(C(=O)c2ccc(Br)cc2OC2CNC2)c1. The van der Waals surface area contributed by atoms with Gasteiger partial charge in [-0.05, 0) is 30.3 Å². The summed E-state index contributed by atoms with van der Waals surface area (Å²) in [4.78, 5) is 12.8. The Labute approximate surface area is 137 Å². The van der Waals surface area contributed by atoms with Gasteiger partial charge in [-0.25, -0.2) is 0 Å². The number of halogens is 1. The molecule has 2 aromatic rings. The van der Waals surface area contributed by atoms with Gasteiger partial charge in [0.05, 0.1) is 12.7 Å². The van der Waals surface area contributed by atoms with E-state index >= 15 is 0 Å². The largest absolute Gasteiger partial charge is 0.497 e. The number of carbonyl (C=O) groups excluding carboxylic acids is 1. The Morgan fingerprint density at radius 3 is 2.73 bits per heavy atom. The zero-order chi connectivity index (χ0) is 15.5. The lowest BCUT2D eigenvalue weighted by atomic mass is 10.0. The molecule has 0 saturated carbocycles. The van der Waals surface area contributed by atoms with E-state index in [1.54, 1.807) is 31.4 Å². The van der Waals surface area contributed by atoms with Crippen molar-refractivity contribution in [3.63, 3.8) is 0 Å². The fraction of sp³-hybridized carbons (Fsp3) is 0.235. The average Bonchev–Trinajstić information content (AvgIpc) is 2.50. The number of ketones is 1. The monoisotopic (exact) mass is 361 g/mol. The molecule has 0 amide bonds. The second-order valence-electron chi connectivity index (χ2n) is 5.10. The van der Waals surface area contributed by atoms with Crippen LogP contribution in [0, 0.1) is 0 Å². The van der Waals surface area contributed by atoms with Crippen LogP contribution in [0.15, 0.2) is 46.9 Å². The van der Waals surface area contributed by atoms with Gasteiger partial charge in [-0.2, -0.15) is 0 Å². The van der Waals surface area contributed by atoms with Gasteiger partial charge in [0.2, 0.25) is 0 Å². The van der Waals surface area contributed by atoms with E-state index in [4.69, 9.17) is 9.47 Å². The zero-order valence-corrected chi connectivity index (χ0v) is 13.7. The van der Waals surface area contributed by atoms with Crippen molar-refractivity contribution in [1.29, 1.82) is 0 Å². The Bertz CT molecular complexity index is 698. The highest BCUT2D eigenvalue weighted by Crippen LogP contribution is 2.28. The molecule has 1 heterocycles. The molecule has 0 bridgehead atoms. The van der Waals surface area contributed by atoms with Crippen molar-refractivity contribution in [2.45, 2.75) is 6.10 Å². The molecule has 1 aliphatic rings. The molecule has 1 N–H and O–H groups in total. The maximum atomic E-state index is 12.8. The number of rotatable bonds is 5. The minimum absolute atomic E-state index is 0.0753. The van der Waals surface area contributed by atoms with Crippen LogP contribution in [0.2, 0.25) is 0 Å². The summed E-state index contributed by atoms with van der Waals surface area (Å²) in [5, 5.41) is 3.15. The van der Waals surface area contributed by atoms with Gasteiger partial charge >= 0.3 is 0 Å². The standard InChI is InChI=1S/C17H16BrNO3/c1-21-13-4-2-3-11(7-13)17(20)15-6-5-12(18)8-16(15)22-14-9-19-10-14/h2-8,14,19H,9-10H2,1H3. The Morgan fingerprint density at radius 1 is 1.23 bits per heavy atom. The summed E-state index contributed by atoms with van der Waals surface area (Å²) in [5.41, 5.74) is 1.14. The van der Waals surface area contributed by atoms with E-state index < -0.39 is 0 Å². The van der Waals surface area contributed by atoms with Crippen LogP contribution in [0.25, 0.3) is 0 Å². The Morgan fingerprint density at radius 2 is 2.05 bits per heavy atom. The van der Waals surface area contributed by atoms with Crippen molar-refractivity contribution in [3.8, 4) is 11.5 Å². The van der Waals surface area contributed by atoms with Gasteiger partial charge in [-0.3, -0.25) is 4.79 Å². The van der Waals surface area contributed by atoms with E-state index in [1.165, 1.54) is 0 Å². The van der Waals surface area contributed by atoms with Gasteiger partial charge in [0, 0.05) is 23.1 Å². The molecule has 0 aromatic heterocycles. The quantitative estimate of drug-likeness (QED) is 0.831. The molecular formula is C17H16BrNO3. The Kier molecular flexibility index (Phi) is 4.45. The number of benzene rings is 2. The van der Waals surface area contributed by atoms with Crippen LogP contribution in [-0.2, 0) is 0 Å². The third-order valence-electron chi connectivity index (χ3n) is 3.56. The lowest BCUT2D eigenvalue weighted by molar-refractivity contribution is 0.102. The second kappa shape index (κ2) is 6.50. The number of methoxy groups -OCH3 is 1. The Hall–Kier alpha value is -1.85. The minimum Gasteiger partial charge on any atom is -0.497 e. The molecule has 5 heteroatoms. The molecule has 0 aliphatic carbocycles. The van der Waals surface area contributed by atoms with Gasteiger partial charge in [0.25, 0.3) is 0 Å². The summed E-state index contributed by atoms with van der Waals surface area (Å²) in [5.74, 6) is 1.19. The van der Waals surface area contributed by atoms with E-state index in [0.717, 1.165) is 17.6 Å². The van der Waals surface area contributed by atoms with Crippen LogP contribution < -0.4 is 14.8 Å². The molecule has 0 radical (unpaired) electrons. The summed E-state index contributed by atoms with van der Waals surface area (Å²) >= 11 is 3.43. The van der Waals surface area contributed by atoms with Crippen LogP contribution in [0.1, 0.15) is 15.9 Å². The van der Waals surface area contributed by atoms with E-state index in [9.17, 15) is 4.79 Å². The van der Waals surface area contributed by atoms with Crippen LogP contribution >= 0.6 is 15.9 Å². The highest BCUT2D eigenvalue weighted by molar-refractivity contribution is 9.10. The maximum absolute atomic E-state index is 12.8. The van der Waals surface area contributed by atoms with Gasteiger partial charge in [0.15, 0.2) is 5.78 Å². The molecule has 0 unspecified atom stereocenters. The highest BCUT2D eigenvalue weighted by atomic mass is 79.9. The van der Waals surface area contributed by atoms with Crippen LogP contribution in [0.3, 0.4) is 0 Å². The van der Waals surface area contributed by atoms with Crippen molar-refractivity contribution in [3.05, 3.63) is 58.1 Å². The first-order valence-electron chi connectivity index (χ1n) is 7.03. The zero-order valence-electron chi connectivity index (χ0n) is 12.1. The van der Waals surface area contributed by atoms with Crippen LogP contribution in [0.5, 0.6) is 11.5 Å². The predicted octanol–water partition coefficient (Wildman–Crippen LogP) is 3.04. The van der Waals surface area contributed by atoms with Crippen molar-refractivity contribution in [2.75, 3.05) is 20.2 Å². The number of carbonyl (C=O) groups is 1. The first-order chi connectivity index (χ1) is 10.7. The topological polar surface area (TPSA) is 47.6 Å². The predicted molar refractivity (Wildman–Crippen MR) is 87.9 cm³/mol. The number of nitrogens with one attached hydrogen (secondary N) is 1. The number of hydrogen-bond donors (Lipinski definition) is 1. The fourth-order valence-electron chi connectivity index (χ4n) is 2.23. The third kappa shape index (κ3) is 3.15. The maximum Gasteiger partial charge on any atom is 0.196 e. The van der Waals surface area contributed by atoms with Crippen molar-refractivity contribution in [2.24, 2.45) is 0 Å². The summed E-state index contributed by atoms with van der Waals surface area (Å²) in [7, 11) is 1.58. The average molecular weight is 362 g/mol. The van der Waals surface area contributed by atoms with Crippen LogP contribution in [-0.4, -0.2) is 32.1 Å². The molecule has 1 aliphatic heterocycles. The lowest BCUT2D eigenvalue weighted by Gasteiger charge is -2.28. The summed E-state index contributed by atoms with van der Waals surface area (Å²) in [6.07, 6.45) is 0.117. The summed E-state index contributed by atoms with van der Waals surface area (Å²) < 4.78 is 12.0. The molecular weight excluding hydrogens is 346 g/mol. The molecule has 0 spiro atoms. The van der Waals surface area contributed by atoms with Crippen molar-refractivity contribution < 1.29 is 14.3 Å². The first kappa shape index (κ1) is 15.1. The molecule has 0 atom stereocenters. The number of ether oxygens (including phenoxy) is 2. The first-order valence-corrected chi connectivity index (χ1v) is 7.82. The van der Waals surface area contributed by atoms with E-state index in [2.05, 4.69) is 21.2 Å². The van der Waals surface area contributed by atoms with Gasteiger partial charge in [0.1, 0.15) is 17.6 Å². The number of hydrogen-bond acceptors (Lipinski definition) is 4. The third-order valence-corrected chi connectivity index (χ3v) is 4.05. The Balaban J connectivity index is 1.93. The molecule has 4 nitrogen and oxygen atoms in total. The summed E-state index contributed by atoms with van der Waals surface area (Å²) in [6.45, 7) is 1.61. The smallest absolute Gasteiger partial charge is 0.196 e. The van der Waals surface area contributed by atoms with E-state index in [-0.39, 0.29) is 11.9 Å². The molecule has 3 rings (SSSR count). The van der Waals surface area contributed by atoms with Gasteiger partial charge < -0.3 is 14.8 Å². The van der Waals surface area contributed by atoms with E-state index in [1.807, 2.05) is 18.2 Å². The molecule has 22 heavy (non-hydrogen) atoms. The molecule has 2 aromatic carbocycles. The highest BCUT2D eigenvalue weighted by Gasteiger charge is 2.22. The molecule has 1 saturated heterocycles. The van der Waals surface area contributed by atoms with Crippen LogP contribution in [0.4, 0.5) is 0 Å².